The molecule has 4 heterocycles. The predicted molar refractivity (Wildman–Crippen MR) is 141 cm³/mol. The van der Waals surface area contributed by atoms with Crippen LogP contribution in [0.1, 0.15) is 58.1 Å². The molecule has 0 bridgehead atoms. The Balaban J connectivity index is 1.35. The van der Waals surface area contributed by atoms with Crippen molar-refractivity contribution in [2.75, 3.05) is 43.2 Å². The van der Waals surface area contributed by atoms with Crippen molar-refractivity contribution in [3.05, 3.63) is 76.2 Å². The fourth-order valence-corrected chi connectivity index (χ4v) is 5.17. The average Bonchev–Trinajstić information content (AvgIpc) is 2.91. The quantitative estimate of drug-likeness (QED) is 0.448. The Labute approximate surface area is 213 Å². The maximum absolute atomic E-state index is 11.7. The van der Waals surface area contributed by atoms with Crippen molar-refractivity contribution in [2.45, 2.75) is 46.1 Å². The highest BCUT2D eigenvalue weighted by atomic mass is 16.5. The van der Waals surface area contributed by atoms with Crippen LogP contribution in [0.15, 0.2) is 42.7 Å². The Morgan fingerprint density at radius 2 is 1.94 bits per heavy atom. The third-order valence-electron chi connectivity index (χ3n) is 7.20. The van der Waals surface area contributed by atoms with Gasteiger partial charge in [0.05, 0.1) is 31.1 Å². The molecule has 36 heavy (non-hydrogen) atoms. The second kappa shape index (κ2) is 10.6. The Hall–Kier alpha value is -3.61. The topological polar surface area (TPSA) is 67.8 Å². The number of methoxy groups -OCH3 is 1. The van der Waals surface area contributed by atoms with Crippen molar-refractivity contribution in [3.8, 4) is 5.88 Å². The van der Waals surface area contributed by atoms with Gasteiger partial charge in [-0.15, -0.1) is 0 Å². The maximum atomic E-state index is 11.7. The van der Waals surface area contributed by atoms with Gasteiger partial charge in [-0.05, 0) is 54.7 Å². The molecule has 2 aliphatic heterocycles. The summed E-state index contributed by atoms with van der Waals surface area (Å²) in [5.41, 5.74) is 8.92. The Kier molecular flexibility index (Phi) is 7.07. The van der Waals surface area contributed by atoms with Gasteiger partial charge in [0.15, 0.2) is 0 Å². The predicted octanol–water partition coefficient (Wildman–Crippen LogP) is 4.72. The van der Waals surface area contributed by atoms with Crippen LogP contribution in [0.2, 0.25) is 0 Å². The first-order valence-corrected chi connectivity index (χ1v) is 12.8. The van der Waals surface area contributed by atoms with Crippen molar-refractivity contribution in [1.82, 2.24) is 9.97 Å². The first-order chi connectivity index (χ1) is 17.6. The average molecular weight is 487 g/mol. The second-order valence-corrected chi connectivity index (χ2v) is 9.59. The zero-order valence-corrected chi connectivity index (χ0v) is 21.4. The van der Waals surface area contributed by atoms with E-state index in [0.717, 1.165) is 61.8 Å². The standard InChI is InChI=1S/C29H34N4O3/c1-4-5-11-32-13-14-36-28-27(32)20(2)26(18-31-28)33-12-10-23-17-30-25(16-24(23)19-33)15-21-6-8-22(9-7-21)29(34)35-3/h6-9,16-18H,4-5,10-15,19H2,1-3H3. The van der Waals surface area contributed by atoms with E-state index in [4.69, 9.17) is 19.4 Å². The molecule has 188 valence electrons. The number of rotatable bonds is 7. The van der Waals surface area contributed by atoms with Crippen LogP contribution in [0.3, 0.4) is 0 Å². The lowest BCUT2D eigenvalue weighted by atomic mass is 9.98. The lowest BCUT2D eigenvalue weighted by molar-refractivity contribution is 0.0600. The molecule has 7 heteroatoms. The van der Waals surface area contributed by atoms with Crippen LogP contribution in [0, 0.1) is 6.92 Å². The van der Waals surface area contributed by atoms with Crippen LogP contribution in [-0.4, -0.2) is 49.3 Å². The minimum absolute atomic E-state index is 0.319. The number of hydrogen-bond donors (Lipinski definition) is 0. The van der Waals surface area contributed by atoms with E-state index in [0.29, 0.717) is 12.2 Å². The van der Waals surface area contributed by atoms with E-state index in [-0.39, 0.29) is 5.97 Å². The van der Waals surface area contributed by atoms with Gasteiger partial charge in [0.1, 0.15) is 12.3 Å². The number of esters is 1. The van der Waals surface area contributed by atoms with Gasteiger partial charge >= 0.3 is 5.97 Å². The molecule has 0 spiro atoms. The minimum atomic E-state index is -0.319. The number of nitrogens with zero attached hydrogens (tertiary/aromatic N) is 4. The highest BCUT2D eigenvalue weighted by molar-refractivity contribution is 5.89. The molecule has 0 unspecified atom stereocenters. The number of ether oxygens (including phenoxy) is 2. The van der Waals surface area contributed by atoms with Crippen LogP contribution < -0.4 is 14.5 Å². The number of carbonyl (C=O) groups excluding carboxylic acids is 1. The molecule has 0 radical (unpaired) electrons. The highest BCUT2D eigenvalue weighted by Gasteiger charge is 2.26. The molecule has 0 saturated carbocycles. The van der Waals surface area contributed by atoms with E-state index in [9.17, 15) is 4.79 Å². The van der Waals surface area contributed by atoms with Crippen molar-refractivity contribution in [3.63, 3.8) is 0 Å². The lowest BCUT2D eigenvalue weighted by Gasteiger charge is -2.36. The van der Waals surface area contributed by atoms with Gasteiger partial charge < -0.3 is 19.3 Å². The summed E-state index contributed by atoms with van der Waals surface area (Å²) >= 11 is 0. The third-order valence-corrected chi connectivity index (χ3v) is 7.20. The molecule has 5 rings (SSSR count). The van der Waals surface area contributed by atoms with Gasteiger partial charge in [-0.2, -0.15) is 0 Å². The molecule has 0 aliphatic carbocycles. The Morgan fingerprint density at radius 1 is 1.11 bits per heavy atom. The number of carbonyl (C=O) groups is 1. The summed E-state index contributed by atoms with van der Waals surface area (Å²) in [4.78, 5) is 26.0. The Bertz CT molecular complexity index is 1240. The number of fused-ring (bicyclic) bond motifs is 2. The van der Waals surface area contributed by atoms with E-state index < -0.39 is 0 Å². The molecule has 2 aliphatic rings. The van der Waals surface area contributed by atoms with Gasteiger partial charge in [-0.1, -0.05) is 25.5 Å². The maximum Gasteiger partial charge on any atom is 0.337 e. The molecule has 0 atom stereocenters. The second-order valence-electron chi connectivity index (χ2n) is 9.59. The van der Waals surface area contributed by atoms with E-state index in [2.05, 4.69) is 29.7 Å². The Morgan fingerprint density at radius 3 is 2.72 bits per heavy atom. The van der Waals surface area contributed by atoms with Gasteiger partial charge in [0, 0.05) is 43.5 Å². The summed E-state index contributed by atoms with van der Waals surface area (Å²) in [5, 5.41) is 0. The van der Waals surface area contributed by atoms with Gasteiger partial charge in [0.25, 0.3) is 0 Å². The van der Waals surface area contributed by atoms with Crippen LogP contribution in [0.5, 0.6) is 5.88 Å². The van der Waals surface area contributed by atoms with Crippen LogP contribution in [-0.2, 0) is 24.1 Å². The lowest BCUT2D eigenvalue weighted by Crippen LogP contribution is -2.36. The number of benzene rings is 1. The molecule has 7 nitrogen and oxygen atoms in total. The monoisotopic (exact) mass is 486 g/mol. The molecule has 0 fully saturated rings. The summed E-state index contributed by atoms with van der Waals surface area (Å²) < 4.78 is 10.7. The highest BCUT2D eigenvalue weighted by Crippen LogP contribution is 2.39. The van der Waals surface area contributed by atoms with Crippen LogP contribution >= 0.6 is 0 Å². The minimum Gasteiger partial charge on any atom is -0.474 e. The normalized spacial score (nSPS) is 14.6. The molecular formula is C29H34N4O3. The molecule has 3 aromatic rings. The van der Waals surface area contributed by atoms with Gasteiger partial charge in [-0.25, -0.2) is 9.78 Å². The smallest absolute Gasteiger partial charge is 0.337 e. The molecule has 0 saturated heterocycles. The number of pyridine rings is 2. The molecule has 1 aromatic carbocycles. The van der Waals surface area contributed by atoms with E-state index in [1.165, 1.54) is 42.3 Å². The largest absolute Gasteiger partial charge is 0.474 e. The number of hydrogen-bond acceptors (Lipinski definition) is 7. The molecule has 0 N–H and O–H groups in total. The number of unbranched alkanes of at least 4 members (excludes halogenated alkanes) is 1. The zero-order valence-electron chi connectivity index (χ0n) is 21.4. The van der Waals surface area contributed by atoms with Crippen molar-refractivity contribution in [1.29, 1.82) is 0 Å². The van der Waals surface area contributed by atoms with E-state index in [1.807, 2.05) is 24.5 Å². The van der Waals surface area contributed by atoms with Gasteiger partial charge in [-0.3, -0.25) is 4.98 Å². The van der Waals surface area contributed by atoms with Crippen molar-refractivity contribution >= 4 is 17.3 Å². The number of anilines is 2. The van der Waals surface area contributed by atoms with Crippen LogP contribution in [0.4, 0.5) is 11.4 Å². The number of aromatic nitrogens is 2. The van der Waals surface area contributed by atoms with E-state index in [1.54, 1.807) is 12.1 Å². The summed E-state index contributed by atoms with van der Waals surface area (Å²) in [7, 11) is 1.40. The van der Waals surface area contributed by atoms with Crippen molar-refractivity contribution < 1.29 is 14.3 Å². The molecule has 0 amide bonds. The van der Waals surface area contributed by atoms with E-state index >= 15 is 0 Å². The first-order valence-electron chi connectivity index (χ1n) is 12.8. The SMILES string of the molecule is CCCCN1CCOc2ncc(N3CCc4cnc(Cc5ccc(C(=O)OC)cc5)cc4C3)c(C)c21. The summed E-state index contributed by atoms with van der Waals surface area (Å²) in [6.45, 7) is 8.86. The summed E-state index contributed by atoms with van der Waals surface area (Å²) in [5.74, 6) is 0.446. The fourth-order valence-electron chi connectivity index (χ4n) is 5.17. The molecular weight excluding hydrogens is 452 g/mol. The summed E-state index contributed by atoms with van der Waals surface area (Å²) in [6, 6.07) is 9.78. The third kappa shape index (κ3) is 4.87. The molecule has 2 aromatic heterocycles. The zero-order chi connectivity index (χ0) is 25.1. The van der Waals surface area contributed by atoms with Crippen molar-refractivity contribution in [2.24, 2.45) is 0 Å². The van der Waals surface area contributed by atoms with Gasteiger partial charge in [0.2, 0.25) is 5.88 Å². The fraction of sp³-hybridized carbons (Fsp3) is 0.414. The van der Waals surface area contributed by atoms with Crippen LogP contribution in [0.25, 0.3) is 0 Å². The summed E-state index contributed by atoms with van der Waals surface area (Å²) in [6.07, 6.45) is 8.03. The first kappa shape index (κ1) is 24.1.